The fourth-order valence-electron chi connectivity index (χ4n) is 1.17. The molecule has 1 N–H and O–H groups in total. The monoisotopic (exact) mass is 255 g/mol. The van der Waals surface area contributed by atoms with E-state index in [1.807, 2.05) is 19.9 Å². The second-order valence-corrected chi connectivity index (χ2v) is 2.93. The summed E-state index contributed by atoms with van der Waals surface area (Å²) in [5.74, 6) is -0.732. The van der Waals surface area contributed by atoms with Gasteiger partial charge in [-0.3, -0.25) is 4.98 Å². The molecule has 0 atom stereocenters. The van der Waals surface area contributed by atoms with Gasteiger partial charge in [-0.05, 0) is 25.7 Å². The van der Waals surface area contributed by atoms with Crippen LogP contribution in [-0.2, 0) is 0 Å². The van der Waals surface area contributed by atoms with Crippen molar-refractivity contribution in [2.75, 3.05) is 6.26 Å². The number of allylic oxidation sites excluding steroid dienone is 2. The van der Waals surface area contributed by atoms with E-state index in [1.54, 1.807) is 24.5 Å². The number of hydrogen-bond acceptors (Lipinski definition) is 4. The highest BCUT2D eigenvalue weighted by atomic mass is 32.1. The maximum Gasteiger partial charge on any atom is 0.419 e. The number of rotatable bonds is 2. The van der Waals surface area contributed by atoms with Gasteiger partial charge in [0.1, 0.15) is 0 Å². The molecule has 0 saturated heterocycles. The van der Waals surface area contributed by atoms with Crippen LogP contribution in [0.2, 0.25) is 0 Å². The Bertz CT molecular complexity index is 581. The van der Waals surface area contributed by atoms with Gasteiger partial charge in [-0.1, -0.05) is 25.2 Å². The maximum atomic E-state index is 11.4. The summed E-state index contributed by atoms with van der Waals surface area (Å²) in [6.07, 6.45) is 9.34. The Morgan fingerprint density at radius 3 is 2.53 bits per heavy atom. The molecular formula is C12H17NO3S. The summed E-state index contributed by atoms with van der Waals surface area (Å²) in [5.41, 5.74) is -0.601. The minimum absolute atomic E-state index is 0.398. The standard InChI is InChI=1S/C11H13NO3.CH4S/c1-3-5-7-9-8(6-4-2)10(13)15-11(14)12-9;1-2/h3,5-7H,4H2,1-2H3,(H,12,14);2H,1H3/b5-3-,8-6+,9-7+;. The van der Waals surface area contributed by atoms with Gasteiger partial charge < -0.3 is 4.42 Å². The Morgan fingerprint density at radius 1 is 1.35 bits per heavy atom. The van der Waals surface area contributed by atoms with Crippen LogP contribution in [0.3, 0.4) is 0 Å². The molecule has 0 radical (unpaired) electrons. The average molecular weight is 255 g/mol. The van der Waals surface area contributed by atoms with E-state index in [-0.39, 0.29) is 0 Å². The Balaban J connectivity index is 0.00000121. The lowest BCUT2D eigenvalue weighted by Gasteiger charge is -1.87. The Morgan fingerprint density at radius 2 is 2.00 bits per heavy atom. The molecule has 5 heteroatoms. The molecule has 0 aliphatic heterocycles. The van der Waals surface area contributed by atoms with E-state index in [0.717, 1.165) is 0 Å². The fraction of sp³-hybridized carbons (Fsp3) is 0.333. The zero-order valence-corrected chi connectivity index (χ0v) is 11.1. The predicted molar refractivity (Wildman–Crippen MR) is 73.8 cm³/mol. The highest BCUT2D eigenvalue weighted by Gasteiger charge is 1.95. The van der Waals surface area contributed by atoms with Gasteiger partial charge in [0.25, 0.3) is 0 Å². The van der Waals surface area contributed by atoms with Crippen molar-refractivity contribution in [3.05, 3.63) is 43.7 Å². The molecule has 1 aromatic rings. The van der Waals surface area contributed by atoms with Crippen LogP contribution in [0.4, 0.5) is 0 Å². The van der Waals surface area contributed by atoms with E-state index in [2.05, 4.69) is 22.0 Å². The van der Waals surface area contributed by atoms with Crippen molar-refractivity contribution < 1.29 is 4.42 Å². The number of H-pyrrole nitrogens is 1. The molecule has 94 valence electrons. The molecule has 0 bridgehead atoms. The van der Waals surface area contributed by atoms with Crippen LogP contribution in [0.1, 0.15) is 20.3 Å². The molecular weight excluding hydrogens is 238 g/mol. The summed E-state index contributed by atoms with van der Waals surface area (Å²) in [7, 11) is 0. The molecule has 0 aliphatic carbocycles. The lowest BCUT2D eigenvalue weighted by molar-refractivity contribution is 0.440. The molecule has 1 rings (SSSR count). The topological polar surface area (TPSA) is 63.1 Å². The largest absolute Gasteiger partial charge is 0.419 e. The first kappa shape index (κ1) is 15.5. The van der Waals surface area contributed by atoms with Gasteiger partial charge >= 0.3 is 11.4 Å². The summed E-state index contributed by atoms with van der Waals surface area (Å²) in [6.45, 7) is 3.76. The smallest absolute Gasteiger partial charge is 0.372 e. The molecule has 0 fully saturated rings. The summed E-state index contributed by atoms with van der Waals surface area (Å²) < 4.78 is 4.44. The van der Waals surface area contributed by atoms with Crippen molar-refractivity contribution in [3.63, 3.8) is 0 Å². The second-order valence-electron chi connectivity index (χ2n) is 2.93. The van der Waals surface area contributed by atoms with Crippen molar-refractivity contribution in [2.24, 2.45) is 0 Å². The molecule has 4 nitrogen and oxygen atoms in total. The molecule has 0 amide bonds. The van der Waals surface area contributed by atoms with E-state index in [0.29, 0.717) is 17.0 Å². The molecule has 1 aromatic heterocycles. The van der Waals surface area contributed by atoms with E-state index in [9.17, 15) is 9.59 Å². The van der Waals surface area contributed by atoms with E-state index in [1.165, 1.54) is 0 Å². The molecule has 0 aliphatic rings. The summed E-state index contributed by atoms with van der Waals surface area (Å²) in [6, 6.07) is 0. The Hall–Kier alpha value is -1.49. The Kier molecular flexibility index (Phi) is 7.88. The van der Waals surface area contributed by atoms with Crippen molar-refractivity contribution in [3.8, 4) is 0 Å². The maximum absolute atomic E-state index is 11.4. The predicted octanol–water partition coefficient (Wildman–Crippen LogP) is 0.421. The van der Waals surface area contributed by atoms with Crippen molar-refractivity contribution in [1.82, 2.24) is 4.98 Å². The van der Waals surface area contributed by atoms with E-state index < -0.39 is 11.4 Å². The normalized spacial score (nSPS) is 12.7. The number of hydrogen-bond donors (Lipinski definition) is 2. The van der Waals surface area contributed by atoms with Crippen molar-refractivity contribution in [2.45, 2.75) is 20.3 Å². The summed E-state index contributed by atoms with van der Waals surface area (Å²) in [4.78, 5) is 24.8. The third-order valence-corrected chi connectivity index (χ3v) is 1.80. The lowest BCUT2D eigenvalue weighted by Crippen LogP contribution is -2.45. The first-order chi connectivity index (χ1) is 8.19. The minimum Gasteiger partial charge on any atom is -0.372 e. The summed E-state index contributed by atoms with van der Waals surface area (Å²) in [5, 5.41) is 0.881. The van der Waals surface area contributed by atoms with Gasteiger partial charge in [-0.25, -0.2) is 9.59 Å². The quantitative estimate of drug-likeness (QED) is 0.753. The average Bonchev–Trinajstić information content (AvgIpc) is 2.33. The van der Waals surface area contributed by atoms with Crippen molar-refractivity contribution in [1.29, 1.82) is 0 Å². The first-order valence-corrected chi connectivity index (χ1v) is 6.09. The second kappa shape index (κ2) is 8.64. The van der Waals surface area contributed by atoms with Gasteiger partial charge in [0.15, 0.2) is 0 Å². The van der Waals surface area contributed by atoms with Gasteiger partial charge in [0, 0.05) is 0 Å². The van der Waals surface area contributed by atoms with Crippen LogP contribution >= 0.6 is 12.6 Å². The highest BCUT2D eigenvalue weighted by Crippen LogP contribution is 1.72. The van der Waals surface area contributed by atoms with E-state index in [4.69, 9.17) is 0 Å². The molecule has 17 heavy (non-hydrogen) atoms. The first-order valence-electron chi connectivity index (χ1n) is 5.20. The van der Waals surface area contributed by atoms with Gasteiger partial charge in [0.05, 0.1) is 10.6 Å². The molecule has 0 aromatic carbocycles. The van der Waals surface area contributed by atoms with Crippen LogP contribution in [0.5, 0.6) is 0 Å². The molecule has 0 spiro atoms. The third kappa shape index (κ3) is 4.91. The SMILES string of the molecule is CS.C\C=C/C=c1/[nH]c(=O)oc(=O)/c1=C/CC. The number of aromatic amines is 1. The highest BCUT2D eigenvalue weighted by molar-refractivity contribution is 7.79. The fourth-order valence-corrected chi connectivity index (χ4v) is 1.17. The van der Waals surface area contributed by atoms with Crippen LogP contribution < -0.4 is 21.9 Å². The third-order valence-electron chi connectivity index (χ3n) is 1.80. The number of aromatic nitrogens is 1. The molecule has 1 heterocycles. The van der Waals surface area contributed by atoms with E-state index >= 15 is 0 Å². The summed E-state index contributed by atoms with van der Waals surface area (Å²) >= 11 is 3.53. The van der Waals surface area contributed by atoms with Gasteiger partial charge in [-0.2, -0.15) is 12.6 Å². The Labute approximate surface area is 105 Å². The van der Waals surface area contributed by atoms with Crippen LogP contribution in [0.25, 0.3) is 12.2 Å². The molecule has 0 saturated carbocycles. The number of thiol groups is 1. The van der Waals surface area contributed by atoms with Crippen molar-refractivity contribution >= 4 is 24.8 Å². The minimum atomic E-state index is -0.732. The zero-order valence-electron chi connectivity index (χ0n) is 10.2. The van der Waals surface area contributed by atoms with Gasteiger partial charge in [0.2, 0.25) is 0 Å². The molecule has 0 unspecified atom stereocenters. The zero-order chi connectivity index (χ0) is 13.3. The van der Waals surface area contributed by atoms with Gasteiger partial charge in [-0.15, -0.1) is 0 Å². The van der Waals surface area contributed by atoms with Crippen LogP contribution in [0, 0.1) is 0 Å². The number of nitrogens with one attached hydrogen (secondary N) is 1. The lowest BCUT2D eigenvalue weighted by atomic mass is 10.3. The van der Waals surface area contributed by atoms with Crippen LogP contribution in [-0.4, -0.2) is 11.2 Å². The van der Waals surface area contributed by atoms with Crippen LogP contribution in [0.15, 0.2) is 26.2 Å².